The van der Waals surface area contributed by atoms with E-state index in [9.17, 15) is 0 Å². The quantitative estimate of drug-likeness (QED) is 0.370. The topological polar surface area (TPSA) is 30.9 Å². The number of hydrogen-bond acceptors (Lipinski definition) is 4. The number of anilines is 2. The highest BCUT2D eigenvalue weighted by molar-refractivity contribution is 5.97. The van der Waals surface area contributed by atoms with Crippen molar-refractivity contribution < 1.29 is 14.2 Å². The predicted octanol–water partition coefficient (Wildman–Crippen LogP) is 7.75. The molecule has 5 aliphatic rings. The molecule has 0 aromatic heterocycles. The molecule has 0 fully saturated rings. The highest BCUT2D eigenvalue weighted by Crippen LogP contribution is 2.46. The zero-order valence-corrected chi connectivity index (χ0v) is 20.9. The number of benzene rings is 3. The first-order chi connectivity index (χ1) is 18.8. The molecule has 0 N–H and O–H groups in total. The van der Waals surface area contributed by atoms with Crippen LogP contribution >= 0.6 is 0 Å². The van der Waals surface area contributed by atoms with Gasteiger partial charge in [0.05, 0.1) is 5.69 Å². The Morgan fingerprint density at radius 2 is 1.68 bits per heavy atom. The monoisotopic (exact) mass is 497 g/mol. The van der Waals surface area contributed by atoms with Gasteiger partial charge in [0.1, 0.15) is 17.6 Å². The second-order valence-corrected chi connectivity index (χ2v) is 10.3. The molecule has 186 valence electrons. The molecule has 2 aliphatic heterocycles. The molecule has 0 bridgehead atoms. The summed E-state index contributed by atoms with van der Waals surface area (Å²) >= 11 is 0. The summed E-state index contributed by atoms with van der Waals surface area (Å²) in [6.45, 7) is 0. The number of nitrogens with zero attached hydrogens (tertiary/aromatic N) is 1. The summed E-state index contributed by atoms with van der Waals surface area (Å²) in [4.78, 5) is 2.32. The van der Waals surface area contributed by atoms with Crippen molar-refractivity contribution in [3.63, 3.8) is 0 Å². The molecule has 3 aromatic carbocycles. The first kappa shape index (κ1) is 21.6. The standard InChI is InChI=1S/C34H27NO3/c1-2-10-25-22(8-1)9-7-12-28(25)35(23-16-18-27-26-11-3-4-13-29(26)36-33(27)20-23)24-17-19-32-34(21-24)38-31-15-6-5-14-30(31)37-32/h1-4,6-13,15-21,26,29,32,34H,5,14H2. The van der Waals surface area contributed by atoms with Crippen LogP contribution in [0.25, 0.3) is 10.8 Å². The van der Waals surface area contributed by atoms with E-state index in [1.165, 1.54) is 16.3 Å². The van der Waals surface area contributed by atoms with Crippen molar-refractivity contribution in [2.75, 3.05) is 4.90 Å². The van der Waals surface area contributed by atoms with E-state index >= 15 is 0 Å². The molecule has 4 nitrogen and oxygen atoms in total. The molecule has 0 radical (unpaired) electrons. The molecule has 0 saturated heterocycles. The average Bonchev–Trinajstić information content (AvgIpc) is 3.34. The largest absolute Gasteiger partial charge is 0.485 e. The van der Waals surface area contributed by atoms with E-state index in [4.69, 9.17) is 14.2 Å². The van der Waals surface area contributed by atoms with Crippen molar-refractivity contribution in [1.29, 1.82) is 0 Å². The zero-order valence-electron chi connectivity index (χ0n) is 20.9. The van der Waals surface area contributed by atoms with Gasteiger partial charge in [0, 0.05) is 40.7 Å². The average molecular weight is 498 g/mol. The van der Waals surface area contributed by atoms with Crippen LogP contribution in [0.4, 0.5) is 11.4 Å². The van der Waals surface area contributed by atoms with Crippen LogP contribution in [0.2, 0.25) is 0 Å². The van der Waals surface area contributed by atoms with Gasteiger partial charge in [-0.15, -0.1) is 0 Å². The molecule has 38 heavy (non-hydrogen) atoms. The van der Waals surface area contributed by atoms with Crippen LogP contribution in [0, 0.1) is 0 Å². The van der Waals surface area contributed by atoms with Crippen molar-refractivity contribution >= 4 is 22.1 Å². The van der Waals surface area contributed by atoms with Gasteiger partial charge in [-0.3, -0.25) is 0 Å². The van der Waals surface area contributed by atoms with Gasteiger partial charge >= 0.3 is 0 Å². The SMILES string of the molecule is C1=CC2Oc3cc(N(C4=CC5OC6=C(CCC=C6)OC5C=C4)c4cccc5ccccc45)ccc3C2C=C1. The lowest BCUT2D eigenvalue weighted by atomic mass is 9.92. The minimum absolute atomic E-state index is 0.0598. The van der Waals surface area contributed by atoms with E-state index < -0.39 is 0 Å². The molecular weight excluding hydrogens is 470 g/mol. The van der Waals surface area contributed by atoms with Crippen molar-refractivity contribution in [2.45, 2.75) is 37.1 Å². The molecule has 4 heteroatoms. The molecule has 0 amide bonds. The first-order valence-electron chi connectivity index (χ1n) is 13.4. The lowest BCUT2D eigenvalue weighted by molar-refractivity contribution is -0.0180. The Morgan fingerprint density at radius 1 is 0.763 bits per heavy atom. The molecule has 4 unspecified atom stereocenters. The van der Waals surface area contributed by atoms with Crippen molar-refractivity contribution in [3.8, 4) is 5.75 Å². The summed E-state index contributed by atoms with van der Waals surface area (Å²) in [6, 6.07) is 21.6. The van der Waals surface area contributed by atoms with Crippen LogP contribution in [0.1, 0.15) is 24.3 Å². The molecular formula is C34H27NO3. The fourth-order valence-corrected chi connectivity index (χ4v) is 6.13. The third-order valence-electron chi connectivity index (χ3n) is 7.97. The van der Waals surface area contributed by atoms with Crippen LogP contribution in [-0.4, -0.2) is 18.3 Å². The zero-order chi connectivity index (χ0) is 25.1. The van der Waals surface area contributed by atoms with Gasteiger partial charge in [-0.25, -0.2) is 0 Å². The smallest absolute Gasteiger partial charge is 0.160 e. The Hall–Kier alpha value is -4.44. The summed E-state index contributed by atoms with van der Waals surface area (Å²) in [5.41, 5.74) is 4.44. The van der Waals surface area contributed by atoms with Crippen LogP contribution in [-0.2, 0) is 9.47 Å². The van der Waals surface area contributed by atoms with Crippen LogP contribution in [0.3, 0.4) is 0 Å². The van der Waals surface area contributed by atoms with E-state index in [1.54, 1.807) is 0 Å². The van der Waals surface area contributed by atoms with Gasteiger partial charge in [-0.1, -0.05) is 66.8 Å². The number of rotatable bonds is 3. The van der Waals surface area contributed by atoms with Crippen molar-refractivity contribution in [2.24, 2.45) is 0 Å². The van der Waals surface area contributed by atoms with Gasteiger partial charge in [0.15, 0.2) is 18.0 Å². The fraction of sp³-hybridized carbons (Fsp3) is 0.176. The van der Waals surface area contributed by atoms with Gasteiger partial charge in [-0.2, -0.15) is 0 Å². The van der Waals surface area contributed by atoms with Gasteiger partial charge in [-0.05, 0) is 54.3 Å². The minimum atomic E-state index is -0.196. The second kappa shape index (κ2) is 8.56. The van der Waals surface area contributed by atoms with E-state index in [2.05, 4.69) is 114 Å². The molecule has 3 aliphatic carbocycles. The molecule has 2 heterocycles. The third-order valence-corrected chi connectivity index (χ3v) is 7.97. The van der Waals surface area contributed by atoms with Crippen molar-refractivity contribution in [1.82, 2.24) is 0 Å². The Labute approximate surface area is 222 Å². The summed E-state index contributed by atoms with van der Waals surface area (Å²) in [5.74, 6) is 3.02. The number of hydrogen-bond donors (Lipinski definition) is 0. The molecule has 0 spiro atoms. The van der Waals surface area contributed by atoms with E-state index in [0.717, 1.165) is 47.2 Å². The normalized spacial score (nSPS) is 25.9. The predicted molar refractivity (Wildman–Crippen MR) is 150 cm³/mol. The Kier molecular flexibility index (Phi) is 4.87. The van der Waals surface area contributed by atoms with Crippen LogP contribution in [0.5, 0.6) is 5.75 Å². The van der Waals surface area contributed by atoms with Gasteiger partial charge in [0.25, 0.3) is 0 Å². The third kappa shape index (κ3) is 3.44. The summed E-state index contributed by atoms with van der Waals surface area (Å²) in [6.07, 6.45) is 20.9. The maximum absolute atomic E-state index is 6.45. The maximum atomic E-state index is 6.45. The Morgan fingerprint density at radius 3 is 2.68 bits per heavy atom. The number of fused-ring (bicyclic) bond motifs is 5. The lowest BCUT2D eigenvalue weighted by Crippen LogP contribution is -2.36. The van der Waals surface area contributed by atoms with Crippen LogP contribution in [0.15, 0.2) is 133 Å². The summed E-state index contributed by atoms with van der Waals surface area (Å²) in [5, 5.41) is 2.39. The number of ether oxygens (including phenoxy) is 3. The molecule has 4 atom stereocenters. The van der Waals surface area contributed by atoms with E-state index in [0.29, 0.717) is 0 Å². The number of allylic oxidation sites excluding steroid dienone is 6. The van der Waals surface area contributed by atoms with E-state index in [1.807, 2.05) is 6.08 Å². The van der Waals surface area contributed by atoms with E-state index in [-0.39, 0.29) is 24.2 Å². The fourth-order valence-electron chi connectivity index (χ4n) is 6.13. The second-order valence-electron chi connectivity index (χ2n) is 10.3. The molecule has 8 rings (SSSR count). The van der Waals surface area contributed by atoms with Gasteiger partial charge in [0.2, 0.25) is 0 Å². The Balaban J connectivity index is 1.25. The lowest BCUT2D eigenvalue weighted by Gasteiger charge is -2.37. The summed E-state index contributed by atoms with van der Waals surface area (Å²) in [7, 11) is 0. The molecule has 0 saturated carbocycles. The van der Waals surface area contributed by atoms with Gasteiger partial charge < -0.3 is 19.1 Å². The first-order valence-corrected chi connectivity index (χ1v) is 13.4. The van der Waals surface area contributed by atoms with Crippen LogP contribution < -0.4 is 9.64 Å². The highest BCUT2D eigenvalue weighted by Gasteiger charge is 2.35. The summed E-state index contributed by atoms with van der Waals surface area (Å²) < 4.78 is 19.2. The molecule has 3 aromatic rings. The van der Waals surface area contributed by atoms with Crippen molar-refractivity contribution in [3.05, 3.63) is 138 Å². The Bertz CT molecular complexity index is 1630. The minimum Gasteiger partial charge on any atom is -0.485 e. The maximum Gasteiger partial charge on any atom is 0.160 e. The highest BCUT2D eigenvalue weighted by atomic mass is 16.6.